The molecule has 0 aromatic heterocycles. The number of para-hydroxylation sites is 2. The van der Waals surface area contributed by atoms with Gasteiger partial charge in [0, 0.05) is 11.6 Å². The normalized spacial score (nSPS) is 15.4. The topological polar surface area (TPSA) is 84.9 Å². The third-order valence-electron chi connectivity index (χ3n) is 5.03. The third-order valence-corrected chi connectivity index (χ3v) is 7.07. The first-order valence-corrected chi connectivity index (χ1v) is 11.7. The first-order valence-electron chi connectivity index (χ1n) is 9.84. The minimum absolute atomic E-state index is 0.0901. The molecule has 1 N–H and O–H groups in total. The first-order chi connectivity index (χ1) is 15.4. The highest BCUT2D eigenvalue weighted by Gasteiger charge is 2.38. The number of hydrogen-bond acceptors (Lipinski definition) is 5. The van der Waals surface area contributed by atoms with Crippen LogP contribution in [0.25, 0.3) is 0 Å². The summed E-state index contributed by atoms with van der Waals surface area (Å²) in [5.41, 5.74) is 1.26. The first kappa shape index (κ1) is 22.0. The number of nitrogens with zero attached hydrogens (tertiary/aromatic N) is 1. The minimum atomic E-state index is -4.11. The van der Waals surface area contributed by atoms with Gasteiger partial charge in [-0.15, -0.1) is 0 Å². The van der Waals surface area contributed by atoms with E-state index in [-0.39, 0.29) is 22.2 Å². The third kappa shape index (κ3) is 4.37. The molecule has 0 bridgehead atoms. The Hall–Kier alpha value is -3.23. The van der Waals surface area contributed by atoms with Gasteiger partial charge in [-0.25, -0.2) is 8.42 Å². The van der Waals surface area contributed by atoms with E-state index < -0.39 is 22.0 Å². The predicted octanol–water partition coefficient (Wildman–Crippen LogP) is 3.62. The maximum Gasteiger partial charge on any atom is 0.268 e. The maximum atomic E-state index is 13.6. The molecule has 0 saturated carbocycles. The fraction of sp³-hybridized carbons (Fsp3) is 0.174. The van der Waals surface area contributed by atoms with E-state index in [9.17, 15) is 13.2 Å². The fourth-order valence-electron chi connectivity index (χ4n) is 3.44. The number of anilines is 1. The average Bonchev–Trinajstić information content (AvgIpc) is 2.82. The van der Waals surface area contributed by atoms with Gasteiger partial charge in [-0.3, -0.25) is 9.10 Å². The van der Waals surface area contributed by atoms with Crippen LogP contribution in [-0.2, 0) is 21.4 Å². The summed E-state index contributed by atoms with van der Waals surface area (Å²) >= 11 is 6.07. The number of rotatable bonds is 6. The van der Waals surface area contributed by atoms with Gasteiger partial charge in [0.25, 0.3) is 15.9 Å². The van der Waals surface area contributed by atoms with Crippen molar-refractivity contribution in [3.8, 4) is 11.5 Å². The molecule has 7 nitrogen and oxygen atoms in total. The van der Waals surface area contributed by atoms with Crippen LogP contribution in [0.1, 0.15) is 5.56 Å². The molecule has 0 spiro atoms. The van der Waals surface area contributed by atoms with E-state index >= 15 is 0 Å². The lowest BCUT2D eigenvalue weighted by Crippen LogP contribution is -2.50. The monoisotopic (exact) mass is 472 g/mol. The molecule has 3 aromatic carbocycles. The SMILES string of the molecule is COc1ccc(Cl)cc1S(=O)(=O)N1CC(C(=O)NCc2ccccc2)Oc2ccccc21. The number of carbonyl (C=O) groups is 1. The molecule has 0 aliphatic carbocycles. The highest BCUT2D eigenvalue weighted by Crippen LogP contribution is 2.39. The Bertz CT molecular complexity index is 1230. The van der Waals surface area contributed by atoms with Crippen molar-refractivity contribution in [3.63, 3.8) is 0 Å². The molecule has 1 unspecified atom stereocenters. The van der Waals surface area contributed by atoms with Crippen LogP contribution in [0, 0.1) is 0 Å². The number of ether oxygens (including phenoxy) is 2. The number of halogens is 1. The number of benzene rings is 3. The lowest BCUT2D eigenvalue weighted by Gasteiger charge is -2.35. The molecule has 0 radical (unpaired) electrons. The molecular weight excluding hydrogens is 452 g/mol. The van der Waals surface area contributed by atoms with Crippen LogP contribution in [0.3, 0.4) is 0 Å². The Balaban J connectivity index is 1.66. The van der Waals surface area contributed by atoms with E-state index in [0.717, 1.165) is 9.87 Å². The lowest BCUT2D eigenvalue weighted by atomic mass is 10.2. The van der Waals surface area contributed by atoms with Gasteiger partial charge in [-0.05, 0) is 35.9 Å². The zero-order valence-corrected chi connectivity index (χ0v) is 18.8. The second kappa shape index (κ2) is 9.10. The second-order valence-corrected chi connectivity index (χ2v) is 9.38. The summed E-state index contributed by atoms with van der Waals surface area (Å²) in [6.07, 6.45) is -1.03. The van der Waals surface area contributed by atoms with Crippen molar-refractivity contribution < 1.29 is 22.7 Å². The standard InChI is InChI=1S/C23H21ClN2O5S/c1-30-20-12-11-17(24)13-22(20)32(28,29)26-15-21(31-19-10-6-5-9-18(19)26)23(27)25-14-16-7-3-2-4-8-16/h2-13,21H,14-15H2,1H3,(H,25,27). The highest BCUT2D eigenvalue weighted by molar-refractivity contribution is 7.93. The maximum absolute atomic E-state index is 13.6. The number of hydrogen-bond donors (Lipinski definition) is 1. The smallest absolute Gasteiger partial charge is 0.268 e. The van der Waals surface area contributed by atoms with Crippen LogP contribution in [0.5, 0.6) is 11.5 Å². The highest BCUT2D eigenvalue weighted by atomic mass is 35.5. The van der Waals surface area contributed by atoms with Crippen LogP contribution >= 0.6 is 11.6 Å². The molecule has 0 saturated heterocycles. The summed E-state index contributed by atoms with van der Waals surface area (Å²) in [6.45, 7) is 0.103. The van der Waals surface area contributed by atoms with Gasteiger partial charge < -0.3 is 14.8 Å². The van der Waals surface area contributed by atoms with E-state index in [1.165, 1.54) is 19.2 Å². The molecule has 0 fully saturated rings. The van der Waals surface area contributed by atoms with Gasteiger partial charge >= 0.3 is 0 Å². The van der Waals surface area contributed by atoms with Gasteiger partial charge in [0.2, 0.25) is 0 Å². The van der Waals surface area contributed by atoms with Crippen molar-refractivity contribution in [2.75, 3.05) is 18.0 Å². The summed E-state index contributed by atoms with van der Waals surface area (Å²) in [4.78, 5) is 12.8. The molecule has 4 rings (SSSR count). The van der Waals surface area contributed by atoms with Crippen LogP contribution in [-0.4, -0.2) is 34.1 Å². The zero-order valence-electron chi connectivity index (χ0n) is 17.2. The number of fused-ring (bicyclic) bond motifs is 1. The molecule has 9 heteroatoms. The number of nitrogens with one attached hydrogen (secondary N) is 1. The molecular formula is C23H21ClN2O5S. The van der Waals surface area contributed by atoms with Crippen LogP contribution in [0.4, 0.5) is 5.69 Å². The van der Waals surface area contributed by atoms with E-state index in [1.807, 2.05) is 30.3 Å². The molecule has 1 amide bonds. The van der Waals surface area contributed by atoms with Gasteiger partial charge in [-0.1, -0.05) is 54.1 Å². The summed E-state index contributed by atoms with van der Waals surface area (Å²) in [5, 5.41) is 3.06. The summed E-state index contributed by atoms with van der Waals surface area (Å²) in [6, 6.07) is 20.5. The van der Waals surface area contributed by atoms with Gasteiger partial charge in [0.1, 0.15) is 16.4 Å². The van der Waals surface area contributed by atoms with E-state index in [4.69, 9.17) is 21.1 Å². The molecule has 1 heterocycles. The van der Waals surface area contributed by atoms with Gasteiger partial charge in [-0.2, -0.15) is 0 Å². The Morgan fingerprint density at radius 3 is 2.59 bits per heavy atom. The van der Waals surface area contributed by atoms with Gasteiger partial charge in [0.15, 0.2) is 6.10 Å². The largest absolute Gasteiger partial charge is 0.495 e. The van der Waals surface area contributed by atoms with Gasteiger partial charge in [0.05, 0.1) is 19.3 Å². The average molecular weight is 473 g/mol. The summed E-state index contributed by atoms with van der Waals surface area (Å²) < 4.78 is 39.5. The molecule has 166 valence electrons. The Morgan fingerprint density at radius 1 is 1.12 bits per heavy atom. The minimum Gasteiger partial charge on any atom is -0.495 e. The van der Waals surface area contributed by atoms with Crippen molar-refractivity contribution in [2.45, 2.75) is 17.5 Å². The van der Waals surface area contributed by atoms with Crippen LogP contribution in [0.2, 0.25) is 5.02 Å². The van der Waals surface area contributed by atoms with E-state index in [1.54, 1.807) is 30.3 Å². The van der Waals surface area contributed by atoms with Crippen LogP contribution < -0.4 is 19.1 Å². The number of carbonyl (C=O) groups excluding carboxylic acids is 1. The lowest BCUT2D eigenvalue weighted by molar-refractivity contribution is -0.127. The summed E-state index contributed by atoms with van der Waals surface area (Å²) in [5.74, 6) is 0.0354. The van der Waals surface area contributed by atoms with Crippen molar-refractivity contribution in [1.29, 1.82) is 0 Å². The van der Waals surface area contributed by atoms with E-state index in [0.29, 0.717) is 18.0 Å². The predicted molar refractivity (Wildman–Crippen MR) is 122 cm³/mol. The van der Waals surface area contributed by atoms with Crippen molar-refractivity contribution in [2.24, 2.45) is 0 Å². The fourth-order valence-corrected chi connectivity index (χ4v) is 5.33. The second-order valence-electron chi connectivity index (χ2n) is 7.11. The quantitative estimate of drug-likeness (QED) is 0.592. The zero-order chi connectivity index (χ0) is 22.7. The molecule has 1 atom stereocenters. The number of methoxy groups -OCH3 is 1. The molecule has 3 aromatic rings. The Labute approximate surface area is 191 Å². The number of sulfonamides is 1. The molecule has 1 aliphatic rings. The van der Waals surface area contributed by atoms with Crippen LogP contribution in [0.15, 0.2) is 77.7 Å². The van der Waals surface area contributed by atoms with Crippen molar-refractivity contribution >= 4 is 33.2 Å². The molecule has 32 heavy (non-hydrogen) atoms. The Morgan fingerprint density at radius 2 is 1.84 bits per heavy atom. The van der Waals surface area contributed by atoms with E-state index in [2.05, 4.69) is 5.32 Å². The Kier molecular flexibility index (Phi) is 6.25. The number of amides is 1. The van der Waals surface area contributed by atoms with Crippen molar-refractivity contribution in [1.82, 2.24) is 5.32 Å². The summed E-state index contributed by atoms with van der Waals surface area (Å²) in [7, 11) is -2.73. The molecule has 1 aliphatic heterocycles. The van der Waals surface area contributed by atoms with Crippen molar-refractivity contribution in [3.05, 3.63) is 83.4 Å².